The van der Waals surface area contributed by atoms with Gasteiger partial charge in [-0.3, -0.25) is 0 Å². The first kappa shape index (κ1) is 13.9. The van der Waals surface area contributed by atoms with Gasteiger partial charge in [-0.2, -0.15) is 5.26 Å². The van der Waals surface area contributed by atoms with Crippen molar-refractivity contribution in [2.24, 2.45) is 0 Å². The molecule has 1 N–H and O–H groups in total. The largest absolute Gasteiger partial charge is 0.497 e. The summed E-state index contributed by atoms with van der Waals surface area (Å²) in [5, 5.41) is 19.2. The van der Waals surface area contributed by atoms with E-state index in [9.17, 15) is 5.11 Å². The standard InChI is InChI=1S/C16H15NO3/c1-19-13-7-8-14(15(9-13)20-2)16(18)12-5-3-11(10-17)4-6-12/h3-9,16,18H,1-2H3. The van der Waals surface area contributed by atoms with Gasteiger partial charge in [-0.25, -0.2) is 0 Å². The highest BCUT2D eigenvalue weighted by Gasteiger charge is 2.16. The summed E-state index contributed by atoms with van der Waals surface area (Å²) in [5.41, 5.74) is 1.91. The van der Waals surface area contributed by atoms with Gasteiger partial charge in [0.1, 0.15) is 17.6 Å². The van der Waals surface area contributed by atoms with Gasteiger partial charge in [-0.15, -0.1) is 0 Å². The van der Waals surface area contributed by atoms with E-state index in [4.69, 9.17) is 14.7 Å². The second-order valence-electron chi connectivity index (χ2n) is 4.24. The fraction of sp³-hybridized carbons (Fsp3) is 0.188. The third-order valence-corrected chi connectivity index (χ3v) is 3.09. The minimum Gasteiger partial charge on any atom is -0.497 e. The van der Waals surface area contributed by atoms with E-state index in [0.717, 1.165) is 0 Å². The Morgan fingerprint density at radius 1 is 1.05 bits per heavy atom. The zero-order valence-electron chi connectivity index (χ0n) is 11.3. The van der Waals surface area contributed by atoms with E-state index in [1.165, 1.54) is 0 Å². The Kier molecular flexibility index (Phi) is 4.24. The van der Waals surface area contributed by atoms with Gasteiger partial charge in [0.25, 0.3) is 0 Å². The van der Waals surface area contributed by atoms with Crippen molar-refractivity contribution in [1.82, 2.24) is 0 Å². The first-order valence-electron chi connectivity index (χ1n) is 6.09. The Morgan fingerprint density at radius 3 is 2.30 bits per heavy atom. The van der Waals surface area contributed by atoms with Crippen LogP contribution in [-0.2, 0) is 0 Å². The van der Waals surface area contributed by atoms with Crippen LogP contribution in [0.25, 0.3) is 0 Å². The van der Waals surface area contributed by atoms with Gasteiger partial charge in [0, 0.05) is 11.6 Å². The summed E-state index contributed by atoms with van der Waals surface area (Å²) >= 11 is 0. The van der Waals surface area contributed by atoms with Crippen LogP contribution in [0.5, 0.6) is 11.5 Å². The van der Waals surface area contributed by atoms with E-state index in [0.29, 0.717) is 28.2 Å². The summed E-state index contributed by atoms with van der Waals surface area (Å²) in [6.45, 7) is 0. The minimum absolute atomic E-state index is 0.557. The van der Waals surface area contributed by atoms with E-state index in [2.05, 4.69) is 0 Å². The molecule has 2 aromatic carbocycles. The fourth-order valence-electron chi connectivity index (χ4n) is 1.96. The van der Waals surface area contributed by atoms with Gasteiger partial charge in [0.15, 0.2) is 0 Å². The first-order valence-corrected chi connectivity index (χ1v) is 6.09. The molecule has 20 heavy (non-hydrogen) atoms. The number of nitrogens with zero attached hydrogens (tertiary/aromatic N) is 1. The second-order valence-corrected chi connectivity index (χ2v) is 4.24. The molecule has 4 nitrogen and oxygen atoms in total. The normalized spacial score (nSPS) is 11.5. The van der Waals surface area contributed by atoms with Crippen molar-refractivity contribution < 1.29 is 14.6 Å². The van der Waals surface area contributed by atoms with Crippen LogP contribution in [0.15, 0.2) is 42.5 Å². The van der Waals surface area contributed by atoms with Gasteiger partial charge in [-0.1, -0.05) is 12.1 Å². The predicted octanol–water partition coefficient (Wildman–Crippen LogP) is 2.66. The number of aliphatic hydroxyl groups is 1. The predicted molar refractivity (Wildman–Crippen MR) is 74.8 cm³/mol. The molecule has 2 rings (SSSR count). The van der Waals surface area contributed by atoms with E-state index < -0.39 is 6.10 Å². The summed E-state index contributed by atoms with van der Waals surface area (Å²) < 4.78 is 10.4. The van der Waals surface area contributed by atoms with Gasteiger partial charge < -0.3 is 14.6 Å². The third-order valence-electron chi connectivity index (χ3n) is 3.09. The zero-order chi connectivity index (χ0) is 14.5. The molecule has 2 aromatic rings. The Labute approximate surface area is 117 Å². The molecule has 0 saturated heterocycles. The molecule has 0 aliphatic heterocycles. The molecular formula is C16H15NO3. The molecule has 0 radical (unpaired) electrons. The molecule has 0 spiro atoms. The molecule has 102 valence electrons. The Morgan fingerprint density at radius 2 is 1.75 bits per heavy atom. The summed E-state index contributed by atoms with van der Waals surface area (Å²) in [4.78, 5) is 0. The minimum atomic E-state index is -0.816. The van der Waals surface area contributed by atoms with Crippen molar-refractivity contribution in [2.45, 2.75) is 6.10 Å². The molecule has 0 aliphatic rings. The van der Waals surface area contributed by atoms with Crippen LogP contribution in [0, 0.1) is 11.3 Å². The van der Waals surface area contributed by atoms with Crippen LogP contribution in [0.1, 0.15) is 22.8 Å². The Balaban J connectivity index is 2.36. The van der Waals surface area contributed by atoms with Crippen molar-refractivity contribution in [3.05, 3.63) is 59.2 Å². The van der Waals surface area contributed by atoms with Gasteiger partial charge in [0.05, 0.1) is 25.9 Å². The molecule has 0 bridgehead atoms. The molecule has 1 unspecified atom stereocenters. The van der Waals surface area contributed by atoms with Gasteiger partial charge in [-0.05, 0) is 29.8 Å². The van der Waals surface area contributed by atoms with E-state index in [1.54, 1.807) is 56.7 Å². The number of hydrogen-bond donors (Lipinski definition) is 1. The fourth-order valence-corrected chi connectivity index (χ4v) is 1.96. The Bertz CT molecular complexity index is 629. The summed E-state index contributed by atoms with van der Waals surface area (Å²) in [5.74, 6) is 1.22. The van der Waals surface area contributed by atoms with Crippen LogP contribution >= 0.6 is 0 Å². The first-order chi connectivity index (χ1) is 9.69. The highest BCUT2D eigenvalue weighted by Crippen LogP contribution is 2.32. The average molecular weight is 269 g/mol. The van der Waals surface area contributed by atoms with E-state index in [1.807, 2.05) is 6.07 Å². The quantitative estimate of drug-likeness (QED) is 0.926. The summed E-state index contributed by atoms with van der Waals surface area (Å²) in [6, 6.07) is 14.1. The second kappa shape index (κ2) is 6.09. The molecule has 0 saturated carbocycles. The lowest BCUT2D eigenvalue weighted by Gasteiger charge is -2.16. The van der Waals surface area contributed by atoms with Crippen LogP contribution < -0.4 is 9.47 Å². The van der Waals surface area contributed by atoms with E-state index >= 15 is 0 Å². The average Bonchev–Trinajstić information content (AvgIpc) is 2.53. The summed E-state index contributed by atoms with van der Waals surface area (Å²) in [6.07, 6.45) is -0.816. The van der Waals surface area contributed by atoms with Crippen molar-refractivity contribution in [2.75, 3.05) is 14.2 Å². The molecule has 0 heterocycles. The van der Waals surface area contributed by atoms with Crippen molar-refractivity contribution in [3.8, 4) is 17.6 Å². The highest BCUT2D eigenvalue weighted by atomic mass is 16.5. The smallest absolute Gasteiger partial charge is 0.128 e. The lowest BCUT2D eigenvalue weighted by Crippen LogP contribution is -2.02. The number of aliphatic hydroxyl groups excluding tert-OH is 1. The number of rotatable bonds is 4. The van der Waals surface area contributed by atoms with Crippen molar-refractivity contribution in [3.63, 3.8) is 0 Å². The SMILES string of the molecule is COc1ccc(C(O)c2ccc(C#N)cc2)c(OC)c1. The number of benzene rings is 2. The lowest BCUT2D eigenvalue weighted by molar-refractivity contribution is 0.214. The van der Waals surface area contributed by atoms with Crippen molar-refractivity contribution >= 4 is 0 Å². The number of ether oxygens (including phenoxy) is 2. The molecular weight excluding hydrogens is 254 g/mol. The molecule has 0 aliphatic carbocycles. The molecule has 4 heteroatoms. The van der Waals surface area contributed by atoms with Crippen LogP contribution in [-0.4, -0.2) is 19.3 Å². The number of methoxy groups -OCH3 is 2. The molecule has 0 fully saturated rings. The van der Waals surface area contributed by atoms with E-state index in [-0.39, 0.29) is 0 Å². The maximum Gasteiger partial charge on any atom is 0.128 e. The highest BCUT2D eigenvalue weighted by molar-refractivity contribution is 5.45. The van der Waals surface area contributed by atoms with Crippen LogP contribution in [0.4, 0.5) is 0 Å². The lowest BCUT2D eigenvalue weighted by atomic mass is 9.99. The number of hydrogen-bond acceptors (Lipinski definition) is 4. The maximum absolute atomic E-state index is 10.4. The molecule has 0 aromatic heterocycles. The Hall–Kier alpha value is -2.51. The number of nitriles is 1. The molecule has 1 atom stereocenters. The van der Waals surface area contributed by atoms with Gasteiger partial charge in [0.2, 0.25) is 0 Å². The molecule has 0 amide bonds. The maximum atomic E-state index is 10.4. The van der Waals surface area contributed by atoms with Crippen LogP contribution in [0.3, 0.4) is 0 Å². The monoisotopic (exact) mass is 269 g/mol. The topological polar surface area (TPSA) is 62.5 Å². The zero-order valence-corrected chi connectivity index (χ0v) is 11.3. The summed E-state index contributed by atoms with van der Waals surface area (Å²) in [7, 11) is 3.12. The van der Waals surface area contributed by atoms with Crippen LogP contribution in [0.2, 0.25) is 0 Å². The van der Waals surface area contributed by atoms with Crippen molar-refractivity contribution in [1.29, 1.82) is 5.26 Å². The van der Waals surface area contributed by atoms with Gasteiger partial charge >= 0.3 is 0 Å². The third kappa shape index (κ3) is 2.73.